The minimum absolute atomic E-state index is 0.0612. The van der Waals surface area contributed by atoms with Crippen molar-refractivity contribution in [2.45, 2.75) is 0 Å². The van der Waals surface area contributed by atoms with Gasteiger partial charge in [-0.15, -0.1) is 4.98 Å². The lowest BCUT2D eigenvalue weighted by Crippen LogP contribution is -2.31. The van der Waals surface area contributed by atoms with E-state index in [0.717, 1.165) is 5.69 Å². The van der Waals surface area contributed by atoms with Crippen LogP contribution in [-0.2, 0) is 4.79 Å². The van der Waals surface area contributed by atoms with Gasteiger partial charge in [0.2, 0.25) is 0 Å². The summed E-state index contributed by atoms with van der Waals surface area (Å²) in [6, 6.07) is 9.21. The van der Waals surface area contributed by atoms with Crippen molar-refractivity contribution in [1.29, 1.82) is 0 Å². The normalized spacial score (nSPS) is 10.1. The summed E-state index contributed by atoms with van der Waals surface area (Å²) in [4.78, 5) is 16.9. The fourth-order valence-corrected chi connectivity index (χ4v) is 1.37. The summed E-state index contributed by atoms with van der Waals surface area (Å²) in [5.41, 5.74) is 0.773. The summed E-state index contributed by atoms with van der Waals surface area (Å²) < 4.78 is 9.63. The number of benzene rings is 1. The molecular formula is C11H10ClN3O3. The summed E-state index contributed by atoms with van der Waals surface area (Å²) in [6.07, 6.45) is -0.130. The second-order valence-electron chi connectivity index (χ2n) is 3.41. The van der Waals surface area contributed by atoms with E-state index in [2.05, 4.69) is 14.7 Å². The van der Waals surface area contributed by atoms with Crippen LogP contribution >= 0.6 is 11.6 Å². The SMILES string of the molecule is CN(C(=O)COc1nc(Cl)no1)c1ccccc1. The lowest BCUT2D eigenvalue weighted by atomic mass is 10.3. The van der Waals surface area contributed by atoms with Crippen molar-refractivity contribution in [1.82, 2.24) is 10.1 Å². The van der Waals surface area contributed by atoms with Crippen LogP contribution in [0, 0.1) is 0 Å². The maximum atomic E-state index is 11.8. The summed E-state index contributed by atoms with van der Waals surface area (Å²) in [7, 11) is 1.65. The van der Waals surface area contributed by atoms with Crippen LogP contribution in [0.1, 0.15) is 0 Å². The van der Waals surface area contributed by atoms with Crippen LogP contribution in [0.5, 0.6) is 6.08 Å². The molecule has 0 atom stereocenters. The molecule has 0 bridgehead atoms. The summed E-state index contributed by atoms with van der Waals surface area (Å²) >= 11 is 5.44. The van der Waals surface area contributed by atoms with E-state index < -0.39 is 0 Å². The molecule has 7 heteroatoms. The Hall–Kier alpha value is -2.08. The molecule has 94 valence electrons. The predicted octanol–water partition coefficient (Wildman–Crippen LogP) is 1.76. The zero-order chi connectivity index (χ0) is 13.0. The number of nitrogens with zero attached hydrogens (tertiary/aromatic N) is 3. The number of carbonyl (C=O) groups excluding carboxylic acids is 1. The van der Waals surface area contributed by atoms with E-state index in [4.69, 9.17) is 16.3 Å². The van der Waals surface area contributed by atoms with Gasteiger partial charge >= 0.3 is 6.08 Å². The third kappa shape index (κ3) is 2.98. The Morgan fingerprint density at radius 2 is 2.17 bits per heavy atom. The van der Waals surface area contributed by atoms with E-state index in [-0.39, 0.29) is 23.9 Å². The minimum atomic E-state index is -0.240. The Bertz CT molecular complexity index is 529. The smallest absolute Gasteiger partial charge is 0.418 e. The van der Waals surface area contributed by atoms with Crippen molar-refractivity contribution in [2.24, 2.45) is 0 Å². The number of rotatable bonds is 4. The first kappa shape index (κ1) is 12.4. The van der Waals surface area contributed by atoms with Crippen molar-refractivity contribution in [3.05, 3.63) is 35.6 Å². The Balaban J connectivity index is 1.92. The first-order valence-electron chi connectivity index (χ1n) is 5.10. The van der Waals surface area contributed by atoms with E-state index in [9.17, 15) is 4.79 Å². The number of anilines is 1. The number of carbonyl (C=O) groups is 1. The van der Waals surface area contributed by atoms with Crippen molar-refractivity contribution in [2.75, 3.05) is 18.6 Å². The zero-order valence-corrected chi connectivity index (χ0v) is 10.3. The van der Waals surface area contributed by atoms with Gasteiger partial charge in [0.05, 0.1) is 0 Å². The molecular weight excluding hydrogens is 258 g/mol. The standard InChI is InChI=1S/C11H10ClN3O3/c1-15(8-5-3-2-4-6-8)9(16)7-17-11-13-10(12)14-18-11/h2-6H,7H2,1H3. The maximum absolute atomic E-state index is 11.8. The monoisotopic (exact) mass is 267 g/mol. The van der Waals surface area contributed by atoms with Crippen molar-refractivity contribution < 1.29 is 14.1 Å². The highest BCUT2D eigenvalue weighted by Crippen LogP contribution is 2.13. The quantitative estimate of drug-likeness (QED) is 0.844. The van der Waals surface area contributed by atoms with Crippen LogP contribution in [0.25, 0.3) is 0 Å². The lowest BCUT2D eigenvalue weighted by molar-refractivity contribution is -0.120. The van der Waals surface area contributed by atoms with Crippen LogP contribution < -0.4 is 9.64 Å². The van der Waals surface area contributed by atoms with Gasteiger partial charge < -0.3 is 9.64 Å². The molecule has 0 spiro atoms. The Morgan fingerprint density at radius 1 is 1.44 bits per heavy atom. The highest BCUT2D eigenvalue weighted by atomic mass is 35.5. The average Bonchev–Trinajstić information content (AvgIpc) is 2.82. The fraction of sp³-hybridized carbons (Fsp3) is 0.182. The fourth-order valence-electron chi connectivity index (χ4n) is 1.27. The molecule has 6 nitrogen and oxygen atoms in total. The highest BCUT2D eigenvalue weighted by Gasteiger charge is 2.13. The lowest BCUT2D eigenvalue weighted by Gasteiger charge is -2.16. The van der Waals surface area contributed by atoms with E-state index >= 15 is 0 Å². The number of para-hydroxylation sites is 1. The number of ether oxygens (including phenoxy) is 1. The highest BCUT2D eigenvalue weighted by molar-refractivity contribution is 6.28. The zero-order valence-electron chi connectivity index (χ0n) is 9.54. The molecule has 1 heterocycles. The molecule has 18 heavy (non-hydrogen) atoms. The van der Waals surface area contributed by atoms with Gasteiger partial charge in [-0.3, -0.25) is 9.32 Å². The Morgan fingerprint density at radius 3 is 2.78 bits per heavy atom. The van der Waals surface area contributed by atoms with Crippen molar-refractivity contribution in [3.8, 4) is 6.08 Å². The molecule has 0 saturated carbocycles. The van der Waals surface area contributed by atoms with Crippen LogP contribution in [0.2, 0.25) is 5.28 Å². The largest absolute Gasteiger partial charge is 0.439 e. The van der Waals surface area contributed by atoms with Gasteiger partial charge in [-0.1, -0.05) is 18.2 Å². The molecule has 0 aliphatic rings. The first-order valence-corrected chi connectivity index (χ1v) is 5.48. The van der Waals surface area contributed by atoms with Gasteiger partial charge in [0.1, 0.15) is 0 Å². The number of likely N-dealkylation sites (N-methyl/N-ethyl adjacent to an activating group) is 1. The second-order valence-corrected chi connectivity index (χ2v) is 3.74. The van der Waals surface area contributed by atoms with Crippen LogP contribution in [-0.4, -0.2) is 29.7 Å². The van der Waals surface area contributed by atoms with Gasteiger partial charge in [0, 0.05) is 12.7 Å². The van der Waals surface area contributed by atoms with Gasteiger partial charge in [-0.25, -0.2) is 0 Å². The predicted molar refractivity (Wildman–Crippen MR) is 64.7 cm³/mol. The van der Waals surface area contributed by atoms with Gasteiger partial charge in [0.25, 0.3) is 11.2 Å². The van der Waals surface area contributed by atoms with Crippen LogP contribution in [0.4, 0.5) is 5.69 Å². The summed E-state index contributed by atoms with van der Waals surface area (Å²) in [6.45, 7) is -0.204. The molecule has 0 saturated heterocycles. The molecule has 2 aromatic rings. The second kappa shape index (κ2) is 5.50. The Kier molecular flexibility index (Phi) is 3.78. The topological polar surface area (TPSA) is 68.5 Å². The van der Waals surface area contributed by atoms with Crippen LogP contribution in [0.3, 0.4) is 0 Å². The molecule has 1 aromatic carbocycles. The summed E-state index contributed by atoms with van der Waals surface area (Å²) in [5, 5.41) is 3.27. The maximum Gasteiger partial charge on any atom is 0.418 e. The molecule has 1 aromatic heterocycles. The number of amides is 1. The molecule has 1 amide bonds. The average molecular weight is 268 g/mol. The number of hydrogen-bond donors (Lipinski definition) is 0. The van der Waals surface area contributed by atoms with Gasteiger partial charge in [-0.05, 0) is 28.9 Å². The molecule has 0 N–H and O–H groups in total. The van der Waals surface area contributed by atoms with Crippen LogP contribution in [0.15, 0.2) is 34.9 Å². The molecule has 0 radical (unpaired) electrons. The number of hydrogen-bond acceptors (Lipinski definition) is 5. The third-order valence-electron chi connectivity index (χ3n) is 2.22. The number of aromatic nitrogens is 2. The molecule has 0 aliphatic heterocycles. The molecule has 2 rings (SSSR count). The first-order chi connectivity index (χ1) is 8.66. The third-order valence-corrected chi connectivity index (χ3v) is 2.37. The van der Waals surface area contributed by atoms with E-state index in [1.807, 2.05) is 30.3 Å². The van der Waals surface area contributed by atoms with Crippen molar-refractivity contribution in [3.63, 3.8) is 0 Å². The van der Waals surface area contributed by atoms with Gasteiger partial charge in [0.15, 0.2) is 6.61 Å². The molecule has 0 fully saturated rings. The molecule has 0 aliphatic carbocycles. The van der Waals surface area contributed by atoms with Gasteiger partial charge in [-0.2, -0.15) is 0 Å². The van der Waals surface area contributed by atoms with E-state index in [0.29, 0.717) is 0 Å². The van der Waals surface area contributed by atoms with E-state index in [1.54, 1.807) is 7.05 Å². The minimum Gasteiger partial charge on any atom is -0.439 e. The summed E-state index contributed by atoms with van der Waals surface area (Å²) in [5.74, 6) is -0.240. The van der Waals surface area contributed by atoms with E-state index in [1.165, 1.54) is 4.90 Å². The number of halogens is 1. The van der Waals surface area contributed by atoms with Crippen molar-refractivity contribution >= 4 is 23.2 Å². The Labute approximate surface area is 108 Å². The molecule has 0 unspecified atom stereocenters.